The molecule has 0 radical (unpaired) electrons. The largest absolute Gasteiger partial charge is 0.466 e. The highest BCUT2D eigenvalue weighted by Gasteiger charge is 2.00. The quantitative estimate of drug-likeness (QED) is 0.0367. The lowest BCUT2D eigenvalue weighted by atomic mass is 10.0. The molecule has 0 aromatic heterocycles. The molecule has 3 N–H and O–H groups in total. The van der Waals surface area contributed by atoms with Crippen molar-refractivity contribution in [3.05, 3.63) is 13.2 Å². The minimum absolute atomic E-state index is 0.997. The first-order valence-corrected chi connectivity index (χ1v) is 20.8. The standard InChI is InChI=1S/C36H74O.C2H4.H3O4P/c1-3-5-7-9-11-13-15-17-19-21-23-25-27-29-31-33-35-37-36-34-32-30-28-26-24-22-20-18-16-14-12-10-8-6-4-2;1-2;1-5(2,3)4/h3-36H2,1-2H3;1-2H2;(H3,1,2,3,4). The van der Waals surface area contributed by atoms with Gasteiger partial charge in [0, 0.05) is 13.2 Å². The van der Waals surface area contributed by atoms with E-state index in [0.717, 1.165) is 13.2 Å². The number of phosphoric acid groups is 1. The van der Waals surface area contributed by atoms with Crippen molar-refractivity contribution in [2.75, 3.05) is 13.2 Å². The van der Waals surface area contributed by atoms with Gasteiger partial charge < -0.3 is 19.4 Å². The second-order valence-corrected chi connectivity index (χ2v) is 13.8. The molecular weight excluding hydrogens is 567 g/mol. The van der Waals surface area contributed by atoms with Gasteiger partial charge in [0.25, 0.3) is 0 Å². The van der Waals surface area contributed by atoms with Crippen molar-refractivity contribution in [3.8, 4) is 0 Å². The second kappa shape index (κ2) is 44.9. The van der Waals surface area contributed by atoms with Gasteiger partial charge in [-0.3, -0.25) is 0 Å². The highest BCUT2D eigenvalue weighted by Crippen LogP contribution is 2.25. The predicted molar refractivity (Wildman–Crippen MR) is 195 cm³/mol. The van der Waals surface area contributed by atoms with Gasteiger partial charge in [-0.1, -0.05) is 206 Å². The van der Waals surface area contributed by atoms with Crippen LogP contribution in [0.1, 0.15) is 219 Å². The van der Waals surface area contributed by atoms with Gasteiger partial charge in [-0.2, -0.15) is 0 Å². The molecule has 0 aliphatic rings. The molecule has 0 aromatic rings. The summed E-state index contributed by atoms with van der Waals surface area (Å²) in [6.07, 6.45) is 46.0. The topological polar surface area (TPSA) is 87.0 Å². The van der Waals surface area contributed by atoms with Crippen LogP contribution in [-0.4, -0.2) is 27.9 Å². The fraction of sp³-hybridized carbons (Fsp3) is 0.947. The van der Waals surface area contributed by atoms with Gasteiger partial charge >= 0.3 is 7.82 Å². The summed E-state index contributed by atoms with van der Waals surface area (Å²) >= 11 is 0. The van der Waals surface area contributed by atoms with Gasteiger partial charge in [-0.05, 0) is 12.8 Å². The molecule has 0 rings (SSSR count). The van der Waals surface area contributed by atoms with E-state index in [1.807, 2.05) is 0 Å². The van der Waals surface area contributed by atoms with Crippen molar-refractivity contribution in [1.29, 1.82) is 0 Å². The number of hydrogen-bond donors (Lipinski definition) is 3. The third-order valence-electron chi connectivity index (χ3n) is 8.28. The molecule has 0 unspecified atom stereocenters. The molecular formula is C38H81O5P. The monoisotopic (exact) mass is 649 g/mol. The summed E-state index contributed by atoms with van der Waals surface area (Å²) in [6.45, 7) is 12.6. The van der Waals surface area contributed by atoms with Crippen LogP contribution in [0, 0.1) is 0 Å². The third kappa shape index (κ3) is 60.9. The normalized spacial score (nSPS) is 11.1. The summed E-state index contributed by atoms with van der Waals surface area (Å²) in [4.78, 5) is 21.6. The highest BCUT2D eigenvalue weighted by molar-refractivity contribution is 7.45. The third-order valence-corrected chi connectivity index (χ3v) is 8.28. The fourth-order valence-electron chi connectivity index (χ4n) is 5.61. The van der Waals surface area contributed by atoms with Gasteiger partial charge in [0.2, 0.25) is 0 Å². The van der Waals surface area contributed by atoms with Gasteiger partial charge in [0.15, 0.2) is 0 Å². The molecule has 0 atom stereocenters. The fourth-order valence-corrected chi connectivity index (χ4v) is 5.61. The maximum atomic E-state index is 8.88. The Morgan fingerprint density at radius 1 is 0.364 bits per heavy atom. The minimum Gasteiger partial charge on any atom is -0.381 e. The molecule has 0 saturated carbocycles. The lowest BCUT2D eigenvalue weighted by molar-refractivity contribution is 0.125. The lowest BCUT2D eigenvalue weighted by Gasteiger charge is -2.06. The van der Waals surface area contributed by atoms with Crippen LogP contribution in [-0.2, 0) is 9.30 Å². The maximum absolute atomic E-state index is 8.88. The van der Waals surface area contributed by atoms with E-state index >= 15 is 0 Å². The summed E-state index contributed by atoms with van der Waals surface area (Å²) in [5, 5.41) is 0. The SMILES string of the molecule is C=C.CCCCCCCCCCCCCCCCCCOCCCCCCCCCCCCCCCCCC.O=P(O)(O)O. The zero-order valence-corrected chi connectivity index (χ0v) is 31.0. The predicted octanol–water partition coefficient (Wildman–Crippen LogP) is 13.4. The van der Waals surface area contributed by atoms with E-state index in [1.165, 1.54) is 205 Å². The number of hydrogen-bond acceptors (Lipinski definition) is 2. The van der Waals surface area contributed by atoms with Crippen molar-refractivity contribution in [2.45, 2.75) is 219 Å². The first-order chi connectivity index (χ1) is 21.4. The Hall–Kier alpha value is -0.190. The molecule has 6 heteroatoms. The summed E-state index contributed by atoms with van der Waals surface area (Å²) in [7, 11) is -4.64. The van der Waals surface area contributed by atoms with E-state index in [4.69, 9.17) is 24.0 Å². The van der Waals surface area contributed by atoms with Crippen molar-refractivity contribution >= 4 is 7.82 Å². The van der Waals surface area contributed by atoms with Crippen molar-refractivity contribution in [2.24, 2.45) is 0 Å². The van der Waals surface area contributed by atoms with E-state index in [-0.39, 0.29) is 0 Å². The molecule has 0 bridgehead atoms. The van der Waals surface area contributed by atoms with Crippen LogP contribution in [0.2, 0.25) is 0 Å². The number of ether oxygens (including phenoxy) is 1. The number of rotatable bonds is 34. The Kier molecular flexibility index (Phi) is 49.2. The maximum Gasteiger partial charge on any atom is 0.466 e. The van der Waals surface area contributed by atoms with E-state index in [2.05, 4.69) is 27.0 Å². The van der Waals surface area contributed by atoms with E-state index < -0.39 is 7.82 Å². The molecule has 0 saturated heterocycles. The lowest BCUT2D eigenvalue weighted by Crippen LogP contribution is -1.97. The van der Waals surface area contributed by atoms with Crippen molar-refractivity contribution < 1.29 is 24.0 Å². The van der Waals surface area contributed by atoms with Gasteiger partial charge in [0.05, 0.1) is 0 Å². The van der Waals surface area contributed by atoms with Crippen LogP contribution in [0.4, 0.5) is 0 Å². The van der Waals surface area contributed by atoms with Gasteiger partial charge in [-0.25, -0.2) is 4.57 Å². The Morgan fingerprint density at radius 2 is 0.500 bits per heavy atom. The molecule has 0 aliphatic carbocycles. The molecule has 0 heterocycles. The molecule has 0 spiro atoms. The molecule has 0 aromatic carbocycles. The van der Waals surface area contributed by atoms with Crippen LogP contribution >= 0.6 is 7.82 Å². The smallest absolute Gasteiger partial charge is 0.381 e. The Balaban J connectivity index is -0.00000216. The van der Waals surface area contributed by atoms with E-state index in [0.29, 0.717) is 0 Å². The van der Waals surface area contributed by atoms with E-state index in [9.17, 15) is 0 Å². The van der Waals surface area contributed by atoms with E-state index in [1.54, 1.807) is 0 Å². The Bertz CT molecular complexity index is 483. The second-order valence-electron chi connectivity index (χ2n) is 12.7. The average molecular weight is 649 g/mol. The molecule has 5 nitrogen and oxygen atoms in total. The Labute approximate surface area is 277 Å². The van der Waals surface area contributed by atoms with Crippen LogP contribution in [0.5, 0.6) is 0 Å². The van der Waals surface area contributed by atoms with Crippen LogP contribution in [0.15, 0.2) is 13.2 Å². The van der Waals surface area contributed by atoms with Crippen LogP contribution < -0.4 is 0 Å². The highest BCUT2D eigenvalue weighted by atomic mass is 31.2. The first kappa shape index (κ1) is 48.2. The van der Waals surface area contributed by atoms with Gasteiger partial charge in [-0.15, -0.1) is 13.2 Å². The molecule has 0 amide bonds. The van der Waals surface area contributed by atoms with Crippen LogP contribution in [0.25, 0.3) is 0 Å². The summed E-state index contributed by atoms with van der Waals surface area (Å²) < 4.78 is 14.8. The Morgan fingerprint density at radius 3 is 0.659 bits per heavy atom. The summed E-state index contributed by atoms with van der Waals surface area (Å²) in [5.74, 6) is 0. The number of unbranched alkanes of at least 4 members (excludes halogenated alkanes) is 30. The zero-order valence-electron chi connectivity index (χ0n) is 30.1. The van der Waals surface area contributed by atoms with Gasteiger partial charge in [0.1, 0.15) is 0 Å². The zero-order chi connectivity index (χ0) is 33.2. The van der Waals surface area contributed by atoms with Crippen molar-refractivity contribution in [3.63, 3.8) is 0 Å². The minimum atomic E-state index is -4.64. The molecule has 44 heavy (non-hydrogen) atoms. The molecule has 268 valence electrons. The summed E-state index contributed by atoms with van der Waals surface area (Å²) in [6, 6.07) is 0. The van der Waals surface area contributed by atoms with Crippen molar-refractivity contribution in [1.82, 2.24) is 0 Å². The average Bonchev–Trinajstić information content (AvgIpc) is 2.99. The van der Waals surface area contributed by atoms with Crippen LogP contribution in [0.3, 0.4) is 0 Å². The molecule has 0 aliphatic heterocycles. The first-order valence-electron chi connectivity index (χ1n) is 19.3. The molecule has 0 fully saturated rings. The summed E-state index contributed by atoms with van der Waals surface area (Å²) in [5.41, 5.74) is 0.